The number of amides is 1. The second-order valence-corrected chi connectivity index (χ2v) is 9.42. The third-order valence-corrected chi connectivity index (χ3v) is 7.45. The van der Waals surface area contributed by atoms with Crippen LogP contribution in [0, 0.1) is 0 Å². The van der Waals surface area contributed by atoms with Crippen molar-refractivity contribution in [3.8, 4) is 0 Å². The average Bonchev–Trinajstić information content (AvgIpc) is 3.12. The van der Waals surface area contributed by atoms with Crippen LogP contribution in [0.5, 0.6) is 0 Å². The molecule has 6 rings (SSSR count). The number of nitrogens with zero attached hydrogens (tertiary/aromatic N) is 5. The van der Waals surface area contributed by atoms with E-state index in [4.69, 9.17) is 4.98 Å². The molecule has 0 saturated carbocycles. The monoisotopic (exact) mass is 455 g/mol. The lowest BCUT2D eigenvalue weighted by molar-refractivity contribution is -0.115. The summed E-state index contributed by atoms with van der Waals surface area (Å²) in [7, 11) is 1.97. The molecular formula is C24H17N5OS2. The number of thioether (sulfide) groups is 1. The van der Waals surface area contributed by atoms with Gasteiger partial charge in [-0.25, -0.2) is 4.98 Å². The second kappa shape index (κ2) is 7.65. The molecule has 1 aliphatic heterocycles. The van der Waals surface area contributed by atoms with Crippen molar-refractivity contribution in [1.82, 2.24) is 19.7 Å². The van der Waals surface area contributed by atoms with E-state index in [1.807, 2.05) is 84.4 Å². The molecule has 0 atom stereocenters. The average molecular weight is 456 g/mol. The maximum absolute atomic E-state index is 13.4. The second-order valence-electron chi connectivity index (χ2n) is 7.40. The van der Waals surface area contributed by atoms with Gasteiger partial charge in [-0.3, -0.25) is 9.69 Å². The van der Waals surface area contributed by atoms with Crippen LogP contribution in [0.25, 0.3) is 22.1 Å². The number of anilines is 2. The topological polar surface area (TPSA) is 63.9 Å². The van der Waals surface area contributed by atoms with Crippen molar-refractivity contribution in [3.05, 3.63) is 72.8 Å². The SMILES string of the molecule is Cn1c2ccccc2c2nnc(SCC(=O)N3c4ccccc4Sc4ccccc43)nc21. The molecule has 0 radical (unpaired) electrons. The molecule has 0 spiro atoms. The molecule has 6 nitrogen and oxygen atoms in total. The van der Waals surface area contributed by atoms with Gasteiger partial charge in [0.05, 0.1) is 22.6 Å². The zero-order chi connectivity index (χ0) is 21.7. The van der Waals surface area contributed by atoms with Crippen LogP contribution >= 0.6 is 23.5 Å². The third kappa shape index (κ3) is 3.06. The summed E-state index contributed by atoms with van der Waals surface area (Å²) < 4.78 is 2.01. The standard InChI is InChI=1S/C24H17N5OS2/c1-28-16-9-3-2-8-15(16)22-23(28)25-24(27-26-22)31-14-21(30)29-17-10-4-6-12-19(17)32-20-13-7-5-11-18(20)29/h2-13H,14H2,1H3. The lowest BCUT2D eigenvalue weighted by Crippen LogP contribution is -2.30. The molecule has 1 aliphatic rings. The first kappa shape index (κ1) is 19.3. The van der Waals surface area contributed by atoms with E-state index in [9.17, 15) is 4.79 Å². The molecule has 32 heavy (non-hydrogen) atoms. The highest BCUT2D eigenvalue weighted by Gasteiger charge is 2.28. The Bertz CT molecular complexity index is 1470. The van der Waals surface area contributed by atoms with Gasteiger partial charge in [-0.15, -0.1) is 10.2 Å². The quantitative estimate of drug-likeness (QED) is 0.338. The van der Waals surface area contributed by atoms with E-state index < -0.39 is 0 Å². The van der Waals surface area contributed by atoms with Gasteiger partial charge in [0.1, 0.15) is 5.52 Å². The minimum Gasteiger partial charge on any atom is -0.327 e. The summed E-state index contributed by atoms with van der Waals surface area (Å²) in [6.07, 6.45) is 0. The van der Waals surface area contributed by atoms with Gasteiger partial charge in [0, 0.05) is 22.2 Å². The molecular weight excluding hydrogens is 438 g/mol. The predicted molar refractivity (Wildman–Crippen MR) is 129 cm³/mol. The zero-order valence-corrected chi connectivity index (χ0v) is 18.7. The summed E-state index contributed by atoms with van der Waals surface area (Å²) >= 11 is 2.99. The van der Waals surface area contributed by atoms with E-state index in [-0.39, 0.29) is 11.7 Å². The molecule has 1 amide bonds. The van der Waals surface area contributed by atoms with Gasteiger partial charge in [-0.05, 0) is 30.3 Å². The van der Waals surface area contributed by atoms with Crippen molar-refractivity contribution >= 4 is 62.9 Å². The van der Waals surface area contributed by atoms with Crippen LogP contribution < -0.4 is 4.90 Å². The fourth-order valence-corrected chi connectivity index (χ4v) is 5.71. The Morgan fingerprint density at radius 3 is 2.31 bits per heavy atom. The van der Waals surface area contributed by atoms with E-state index in [0.717, 1.165) is 43.2 Å². The number of hydrogen-bond acceptors (Lipinski definition) is 6. The number of rotatable bonds is 3. The zero-order valence-electron chi connectivity index (χ0n) is 17.1. The van der Waals surface area contributed by atoms with Gasteiger partial charge >= 0.3 is 0 Å². The highest BCUT2D eigenvalue weighted by Crippen LogP contribution is 2.48. The van der Waals surface area contributed by atoms with Crippen LogP contribution in [0.2, 0.25) is 0 Å². The molecule has 5 aromatic rings. The van der Waals surface area contributed by atoms with Crippen molar-refractivity contribution in [1.29, 1.82) is 0 Å². The molecule has 0 N–H and O–H groups in total. The number of carbonyl (C=O) groups is 1. The molecule has 0 fully saturated rings. The van der Waals surface area contributed by atoms with E-state index in [1.54, 1.807) is 16.7 Å². The maximum Gasteiger partial charge on any atom is 0.242 e. The fraction of sp³-hybridized carbons (Fsp3) is 0.0833. The van der Waals surface area contributed by atoms with Crippen LogP contribution in [0.4, 0.5) is 11.4 Å². The summed E-state index contributed by atoms with van der Waals surface area (Å²) in [5.41, 5.74) is 4.41. The van der Waals surface area contributed by atoms with Gasteiger partial charge in [0.25, 0.3) is 0 Å². The van der Waals surface area contributed by atoms with Gasteiger partial charge < -0.3 is 4.57 Å². The largest absolute Gasteiger partial charge is 0.327 e. The van der Waals surface area contributed by atoms with Crippen molar-refractivity contribution in [3.63, 3.8) is 0 Å². The molecule has 0 bridgehead atoms. The van der Waals surface area contributed by atoms with Crippen LogP contribution in [-0.4, -0.2) is 31.4 Å². The van der Waals surface area contributed by atoms with Crippen molar-refractivity contribution in [2.45, 2.75) is 14.9 Å². The summed E-state index contributed by atoms with van der Waals surface area (Å²) in [4.78, 5) is 22.0. The van der Waals surface area contributed by atoms with Crippen LogP contribution in [0.1, 0.15) is 0 Å². The molecule has 0 aliphatic carbocycles. The smallest absolute Gasteiger partial charge is 0.242 e. The number of benzene rings is 3. The first-order valence-electron chi connectivity index (χ1n) is 10.1. The highest BCUT2D eigenvalue weighted by molar-refractivity contribution is 8.00. The third-order valence-electron chi connectivity index (χ3n) is 5.49. The number of fused-ring (bicyclic) bond motifs is 5. The molecule has 0 saturated heterocycles. The lowest BCUT2D eigenvalue weighted by atomic mass is 10.2. The fourth-order valence-electron chi connectivity index (χ4n) is 4.02. The molecule has 156 valence electrons. The van der Waals surface area contributed by atoms with Gasteiger partial charge in [-0.2, -0.15) is 0 Å². The van der Waals surface area contributed by atoms with E-state index in [2.05, 4.69) is 10.2 Å². The van der Waals surface area contributed by atoms with E-state index >= 15 is 0 Å². The first-order chi connectivity index (χ1) is 15.7. The van der Waals surface area contributed by atoms with Gasteiger partial charge in [0.15, 0.2) is 5.65 Å². The summed E-state index contributed by atoms with van der Waals surface area (Å²) in [6.45, 7) is 0. The first-order valence-corrected chi connectivity index (χ1v) is 11.9. The highest BCUT2D eigenvalue weighted by atomic mass is 32.2. The number of carbonyl (C=O) groups excluding carboxylic acids is 1. The summed E-state index contributed by atoms with van der Waals surface area (Å²) in [6, 6.07) is 24.0. The Morgan fingerprint density at radius 2 is 1.56 bits per heavy atom. The van der Waals surface area contributed by atoms with Gasteiger partial charge in [0.2, 0.25) is 11.1 Å². The van der Waals surface area contributed by atoms with Gasteiger partial charge in [-0.1, -0.05) is 66.0 Å². The molecule has 8 heteroatoms. The number of aromatic nitrogens is 4. The van der Waals surface area contributed by atoms with E-state index in [1.165, 1.54) is 11.8 Å². The predicted octanol–water partition coefficient (Wildman–Crippen LogP) is 5.44. The Kier molecular flexibility index (Phi) is 4.62. The summed E-state index contributed by atoms with van der Waals surface area (Å²) in [5, 5.41) is 10.2. The molecule has 3 aromatic carbocycles. The summed E-state index contributed by atoms with van der Waals surface area (Å²) in [5.74, 6) is 0.195. The Balaban J connectivity index is 1.31. The van der Waals surface area contributed by atoms with Crippen LogP contribution in [0.15, 0.2) is 87.7 Å². The van der Waals surface area contributed by atoms with Crippen LogP contribution in [-0.2, 0) is 11.8 Å². The van der Waals surface area contributed by atoms with Crippen molar-refractivity contribution in [2.75, 3.05) is 10.7 Å². The number of para-hydroxylation sites is 3. The molecule has 2 aromatic heterocycles. The molecule has 0 unspecified atom stereocenters. The minimum atomic E-state index is -0.0176. The normalized spacial score (nSPS) is 12.7. The minimum absolute atomic E-state index is 0.0176. The maximum atomic E-state index is 13.4. The van der Waals surface area contributed by atoms with Crippen molar-refractivity contribution in [2.24, 2.45) is 7.05 Å². The molecule has 3 heterocycles. The Morgan fingerprint density at radius 1 is 0.906 bits per heavy atom. The number of aryl methyl sites for hydroxylation is 1. The van der Waals surface area contributed by atoms with Crippen LogP contribution in [0.3, 0.4) is 0 Å². The van der Waals surface area contributed by atoms with Crippen molar-refractivity contribution < 1.29 is 4.79 Å². The van der Waals surface area contributed by atoms with E-state index in [0.29, 0.717) is 5.16 Å². The Hall–Kier alpha value is -3.36. The Labute approximate surface area is 192 Å². The lowest BCUT2D eigenvalue weighted by Gasteiger charge is -2.30. The number of hydrogen-bond donors (Lipinski definition) is 0.